The molecule has 1 aromatic heterocycles. The van der Waals surface area contributed by atoms with Gasteiger partial charge in [-0.15, -0.1) is 0 Å². The van der Waals surface area contributed by atoms with Crippen LogP contribution in [-0.4, -0.2) is 9.97 Å². The molecule has 17 heavy (non-hydrogen) atoms. The molecule has 90 valence electrons. The summed E-state index contributed by atoms with van der Waals surface area (Å²) in [6.07, 6.45) is 7.24. The fourth-order valence-corrected chi connectivity index (χ4v) is 2.54. The Morgan fingerprint density at radius 1 is 1.47 bits per heavy atom. The minimum atomic E-state index is -0.310. The van der Waals surface area contributed by atoms with E-state index < -0.39 is 0 Å². The number of H-pyrrole nitrogens is 1. The predicted molar refractivity (Wildman–Crippen MR) is 64.6 cm³/mol. The fraction of sp³-hybridized carbons (Fsp3) is 0.615. The second-order valence-electron chi connectivity index (χ2n) is 4.75. The summed E-state index contributed by atoms with van der Waals surface area (Å²) < 4.78 is 0. The molecule has 1 fully saturated rings. The molecule has 1 aliphatic carbocycles. The van der Waals surface area contributed by atoms with Crippen molar-refractivity contribution >= 4 is 0 Å². The highest BCUT2D eigenvalue weighted by atomic mass is 16.1. The summed E-state index contributed by atoms with van der Waals surface area (Å²) in [5, 5.41) is 8.68. The Bertz CT molecular complexity index is 478. The molecule has 4 nitrogen and oxygen atoms in total. The van der Waals surface area contributed by atoms with Crippen molar-refractivity contribution in [3.63, 3.8) is 0 Å². The second kappa shape index (κ2) is 5.13. The number of rotatable bonds is 2. The average molecular weight is 231 g/mol. The normalized spacial score (nSPS) is 24.2. The molecule has 1 aromatic rings. The van der Waals surface area contributed by atoms with Crippen molar-refractivity contribution in [2.24, 2.45) is 5.92 Å². The van der Waals surface area contributed by atoms with Crippen molar-refractivity contribution in [1.29, 1.82) is 5.26 Å². The zero-order valence-corrected chi connectivity index (χ0v) is 10.1. The van der Waals surface area contributed by atoms with E-state index in [1.807, 2.05) is 6.07 Å². The summed E-state index contributed by atoms with van der Waals surface area (Å²) in [6.45, 7) is 2.23. The molecule has 0 aromatic carbocycles. The molecule has 0 bridgehead atoms. The van der Waals surface area contributed by atoms with Gasteiger partial charge in [0.1, 0.15) is 17.5 Å². The number of hydrogen-bond acceptors (Lipinski definition) is 3. The molecule has 0 amide bonds. The minimum absolute atomic E-state index is 0.0935. The Morgan fingerprint density at radius 3 is 2.71 bits per heavy atom. The molecule has 1 heterocycles. The molecule has 1 saturated carbocycles. The van der Waals surface area contributed by atoms with Crippen molar-refractivity contribution in [2.75, 3.05) is 0 Å². The molecule has 4 heteroatoms. The van der Waals surface area contributed by atoms with E-state index >= 15 is 0 Å². The van der Waals surface area contributed by atoms with Crippen LogP contribution in [0, 0.1) is 17.2 Å². The van der Waals surface area contributed by atoms with Crippen LogP contribution < -0.4 is 5.56 Å². The maximum absolute atomic E-state index is 11.5. The van der Waals surface area contributed by atoms with E-state index in [-0.39, 0.29) is 11.1 Å². The standard InChI is InChI=1S/C13H17N3O/c1-2-9-3-5-10(6-4-9)12-15-8-11(7-14)13(17)16-12/h8-10H,2-6H2,1H3,(H,15,16,17). The molecule has 0 unspecified atom stereocenters. The van der Waals surface area contributed by atoms with Gasteiger partial charge in [-0.05, 0) is 31.6 Å². The van der Waals surface area contributed by atoms with Gasteiger partial charge in [-0.2, -0.15) is 5.26 Å². The van der Waals surface area contributed by atoms with Crippen LogP contribution in [0.2, 0.25) is 0 Å². The van der Waals surface area contributed by atoms with E-state index in [9.17, 15) is 4.79 Å². The summed E-state index contributed by atoms with van der Waals surface area (Å²) in [5.74, 6) is 1.94. The Labute approximate surface area is 101 Å². The lowest BCUT2D eigenvalue weighted by Gasteiger charge is -2.26. The molecule has 1 aliphatic rings. The van der Waals surface area contributed by atoms with Gasteiger partial charge in [0.15, 0.2) is 0 Å². The zero-order chi connectivity index (χ0) is 12.3. The molecule has 0 radical (unpaired) electrons. The first-order valence-corrected chi connectivity index (χ1v) is 6.24. The molecule has 0 saturated heterocycles. The van der Waals surface area contributed by atoms with E-state index in [0.717, 1.165) is 24.6 Å². The third-order valence-corrected chi connectivity index (χ3v) is 3.75. The third-order valence-electron chi connectivity index (χ3n) is 3.75. The largest absolute Gasteiger partial charge is 0.309 e. The van der Waals surface area contributed by atoms with Gasteiger partial charge in [-0.25, -0.2) is 4.98 Å². The first kappa shape index (κ1) is 11.8. The molecule has 2 rings (SSSR count). The number of nitriles is 1. The molecule has 0 atom stereocenters. The Morgan fingerprint density at radius 2 is 2.18 bits per heavy atom. The van der Waals surface area contributed by atoms with Gasteiger partial charge in [0, 0.05) is 5.92 Å². The van der Waals surface area contributed by atoms with Crippen LogP contribution in [0.1, 0.15) is 56.3 Å². The quantitative estimate of drug-likeness (QED) is 0.849. The highest BCUT2D eigenvalue weighted by Gasteiger charge is 2.23. The van der Waals surface area contributed by atoms with Crippen LogP contribution in [0.4, 0.5) is 0 Å². The van der Waals surface area contributed by atoms with Crippen LogP contribution in [-0.2, 0) is 0 Å². The van der Waals surface area contributed by atoms with Crippen LogP contribution >= 0.6 is 0 Å². The van der Waals surface area contributed by atoms with Crippen molar-refractivity contribution in [1.82, 2.24) is 9.97 Å². The topological polar surface area (TPSA) is 69.5 Å². The Balaban J connectivity index is 2.12. The van der Waals surface area contributed by atoms with Gasteiger partial charge >= 0.3 is 0 Å². The summed E-state index contributed by atoms with van der Waals surface area (Å²) in [6, 6.07) is 1.84. The zero-order valence-electron chi connectivity index (χ0n) is 10.1. The van der Waals surface area contributed by atoms with Crippen LogP contribution in [0.25, 0.3) is 0 Å². The molecule has 0 aliphatic heterocycles. The summed E-state index contributed by atoms with van der Waals surface area (Å²) in [7, 11) is 0. The molecule has 0 spiro atoms. The summed E-state index contributed by atoms with van der Waals surface area (Å²) in [4.78, 5) is 18.5. The van der Waals surface area contributed by atoms with Crippen molar-refractivity contribution in [2.45, 2.75) is 44.9 Å². The lowest BCUT2D eigenvalue weighted by atomic mass is 9.80. The van der Waals surface area contributed by atoms with Gasteiger partial charge in [0.25, 0.3) is 5.56 Å². The lowest BCUT2D eigenvalue weighted by Crippen LogP contribution is -2.20. The van der Waals surface area contributed by atoms with E-state index in [0.29, 0.717) is 5.92 Å². The summed E-state index contributed by atoms with van der Waals surface area (Å²) in [5.41, 5.74) is -0.217. The van der Waals surface area contributed by atoms with E-state index in [1.54, 1.807) is 0 Å². The highest BCUT2D eigenvalue weighted by molar-refractivity contribution is 5.22. The average Bonchev–Trinajstić information content (AvgIpc) is 2.39. The van der Waals surface area contributed by atoms with Crippen LogP contribution in [0.15, 0.2) is 11.0 Å². The van der Waals surface area contributed by atoms with Crippen LogP contribution in [0.5, 0.6) is 0 Å². The monoisotopic (exact) mass is 231 g/mol. The first-order chi connectivity index (χ1) is 8.24. The number of aromatic nitrogens is 2. The van der Waals surface area contributed by atoms with Gasteiger partial charge in [0.2, 0.25) is 0 Å². The van der Waals surface area contributed by atoms with Gasteiger partial charge < -0.3 is 4.98 Å². The second-order valence-corrected chi connectivity index (χ2v) is 4.75. The van der Waals surface area contributed by atoms with Crippen molar-refractivity contribution < 1.29 is 0 Å². The molecular formula is C13H17N3O. The number of hydrogen-bond donors (Lipinski definition) is 1. The van der Waals surface area contributed by atoms with Crippen molar-refractivity contribution in [3.05, 3.63) is 27.9 Å². The van der Waals surface area contributed by atoms with Crippen molar-refractivity contribution in [3.8, 4) is 6.07 Å². The Kier molecular flexibility index (Phi) is 3.58. The van der Waals surface area contributed by atoms with Gasteiger partial charge in [0.05, 0.1) is 6.20 Å². The minimum Gasteiger partial charge on any atom is -0.309 e. The molecular weight excluding hydrogens is 214 g/mol. The number of nitrogens with one attached hydrogen (secondary N) is 1. The smallest absolute Gasteiger partial charge is 0.268 e. The third kappa shape index (κ3) is 2.55. The van der Waals surface area contributed by atoms with Gasteiger partial charge in [-0.3, -0.25) is 4.79 Å². The first-order valence-electron chi connectivity index (χ1n) is 6.24. The fourth-order valence-electron chi connectivity index (χ4n) is 2.54. The lowest BCUT2D eigenvalue weighted by molar-refractivity contribution is 0.312. The highest BCUT2D eigenvalue weighted by Crippen LogP contribution is 2.35. The van der Waals surface area contributed by atoms with E-state index in [4.69, 9.17) is 5.26 Å². The van der Waals surface area contributed by atoms with Crippen LogP contribution in [0.3, 0.4) is 0 Å². The SMILES string of the molecule is CCC1CCC(c2ncc(C#N)c(=O)[nH]2)CC1. The van der Waals surface area contributed by atoms with E-state index in [1.165, 1.54) is 25.5 Å². The molecule has 1 N–H and O–H groups in total. The maximum atomic E-state index is 11.5. The Hall–Kier alpha value is -1.63. The van der Waals surface area contributed by atoms with Gasteiger partial charge in [-0.1, -0.05) is 13.3 Å². The number of aromatic amines is 1. The summed E-state index contributed by atoms with van der Waals surface area (Å²) >= 11 is 0. The predicted octanol–water partition coefficient (Wildman–Crippen LogP) is 2.33. The maximum Gasteiger partial charge on any atom is 0.268 e. The van der Waals surface area contributed by atoms with E-state index in [2.05, 4.69) is 16.9 Å². The number of nitrogens with zero attached hydrogens (tertiary/aromatic N) is 2.